The largest absolute Gasteiger partial charge is 0.477 e. The fraction of sp³-hybridized carbons (Fsp3) is 0.455. The molecule has 2 aromatic rings. The van der Waals surface area contributed by atoms with Gasteiger partial charge >= 0.3 is 11.9 Å². The summed E-state index contributed by atoms with van der Waals surface area (Å²) in [7, 11) is 4.58. The number of carboxylic acids is 2. The van der Waals surface area contributed by atoms with E-state index in [0.717, 1.165) is 58.0 Å². The molecule has 308 valence electrons. The number of oxime groups is 2. The van der Waals surface area contributed by atoms with Crippen LogP contribution in [-0.4, -0.2) is 163 Å². The number of hydrogen-bond acceptors (Lipinski definition) is 18. The first-order valence-electron chi connectivity index (χ1n) is 17.6. The molecule has 3 saturated heterocycles. The summed E-state index contributed by atoms with van der Waals surface area (Å²) in [4.78, 5) is 98.7. The van der Waals surface area contributed by atoms with Crippen LogP contribution in [0.2, 0.25) is 0 Å². The Bertz CT molecular complexity index is 2200. The maximum Gasteiger partial charge on any atom is 0.352 e. The van der Waals surface area contributed by atoms with Crippen LogP contribution in [-0.2, 0) is 38.4 Å². The van der Waals surface area contributed by atoms with Crippen molar-refractivity contribution in [1.82, 2.24) is 30.4 Å². The number of amides is 4. The summed E-state index contributed by atoms with van der Waals surface area (Å²) < 4.78 is 0.720. The molecule has 0 radical (unpaired) electrons. The first-order valence-corrected chi connectivity index (χ1v) is 21.5. The minimum absolute atomic E-state index is 0.0231. The molecule has 58 heavy (non-hydrogen) atoms. The molecular formula is C33H38N11O10S4+. The van der Waals surface area contributed by atoms with Crippen molar-refractivity contribution >= 4 is 103 Å². The Morgan fingerprint density at radius 1 is 0.845 bits per heavy atom. The number of hydrogen-bond donors (Lipinski definition) is 6. The highest BCUT2D eigenvalue weighted by molar-refractivity contribution is 8.00. The summed E-state index contributed by atoms with van der Waals surface area (Å²) in [6.45, 7) is 2.39. The Balaban J connectivity index is 0.987. The molecular weight excluding hydrogens is 839 g/mol. The number of fused-ring (bicyclic) bond motifs is 2. The van der Waals surface area contributed by atoms with Crippen LogP contribution >= 0.6 is 46.2 Å². The molecule has 7 rings (SSSR count). The van der Waals surface area contributed by atoms with E-state index in [1.165, 1.54) is 53.4 Å². The number of nitrogen functional groups attached to an aromatic ring is 1. The van der Waals surface area contributed by atoms with E-state index >= 15 is 0 Å². The molecule has 0 spiro atoms. The summed E-state index contributed by atoms with van der Waals surface area (Å²) in [5, 5.41) is 38.4. The van der Waals surface area contributed by atoms with Crippen LogP contribution < -0.4 is 21.7 Å². The van der Waals surface area contributed by atoms with E-state index in [1.807, 2.05) is 0 Å². The molecule has 7 N–H and O–H groups in total. The van der Waals surface area contributed by atoms with Gasteiger partial charge in [-0.25, -0.2) is 19.6 Å². The Morgan fingerprint density at radius 2 is 1.34 bits per heavy atom. The maximum atomic E-state index is 13.5. The molecule has 0 bridgehead atoms. The van der Waals surface area contributed by atoms with Crippen molar-refractivity contribution < 1.29 is 53.1 Å². The SMILES string of the molecule is CO/N=C(\C(=O)N[C@@H]1C(=O)N2C(C(=O)O)=C(CNc3nc(/C(=N/OC)C(=O)N[C@@H]4C(=O)N5C(C(=O)O)=C(C[N+]6(C)CCCC6)CS[C@H]45)cs3)CS[C@H]12)c1csc(N)n1. The summed E-state index contributed by atoms with van der Waals surface area (Å²) in [6, 6.07) is -2.05. The second-order valence-corrected chi connectivity index (χ2v) is 17.8. The van der Waals surface area contributed by atoms with Gasteiger partial charge in [0.05, 0.1) is 20.1 Å². The lowest BCUT2D eigenvalue weighted by Crippen LogP contribution is -2.71. The van der Waals surface area contributed by atoms with Gasteiger partial charge < -0.3 is 46.1 Å². The van der Waals surface area contributed by atoms with Gasteiger partial charge in [-0.3, -0.25) is 29.0 Å². The van der Waals surface area contributed by atoms with Crippen LogP contribution in [0, 0.1) is 0 Å². The normalized spacial score (nSPS) is 24.1. The van der Waals surface area contributed by atoms with Crippen molar-refractivity contribution in [1.29, 1.82) is 0 Å². The van der Waals surface area contributed by atoms with Gasteiger partial charge in [0.1, 0.15) is 66.4 Å². The first-order chi connectivity index (χ1) is 27.7. The van der Waals surface area contributed by atoms with Crippen LogP contribution in [0.15, 0.2) is 43.6 Å². The van der Waals surface area contributed by atoms with Crippen molar-refractivity contribution in [3.05, 3.63) is 44.7 Å². The lowest BCUT2D eigenvalue weighted by Gasteiger charge is -2.49. The zero-order chi connectivity index (χ0) is 41.5. The number of nitrogens with zero attached hydrogens (tertiary/aromatic N) is 7. The van der Waals surface area contributed by atoms with E-state index in [0.29, 0.717) is 23.4 Å². The molecule has 0 saturated carbocycles. The predicted octanol–water partition coefficient (Wildman–Crippen LogP) is -0.287. The summed E-state index contributed by atoms with van der Waals surface area (Å²) in [5.74, 6) is -4.61. The number of anilines is 2. The number of quaternary nitrogens is 1. The maximum absolute atomic E-state index is 13.5. The number of carbonyl (C=O) groups is 6. The van der Waals surface area contributed by atoms with E-state index in [2.05, 4.69) is 43.3 Å². The van der Waals surface area contributed by atoms with Crippen molar-refractivity contribution in [3.8, 4) is 0 Å². The van der Waals surface area contributed by atoms with Crippen LogP contribution in [0.1, 0.15) is 24.2 Å². The number of nitrogens with two attached hydrogens (primary N) is 1. The van der Waals surface area contributed by atoms with Crippen LogP contribution in [0.3, 0.4) is 0 Å². The fourth-order valence-electron chi connectivity index (χ4n) is 7.39. The number of carboxylic acid groups (broad SMARTS) is 2. The summed E-state index contributed by atoms with van der Waals surface area (Å²) in [5.41, 5.74) is 6.32. The molecule has 4 atom stereocenters. The number of aromatic nitrogens is 2. The average molecular weight is 877 g/mol. The highest BCUT2D eigenvalue weighted by atomic mass is 32.2. The molecule has 3 fully saturated rings. The number of aliphatic carboxylic acids is 2. The van der Waals surface area contributed by atoms with E-state index in [4.69, 9.17) is 15.4 Å². The number of likely N-dealkylation sites (N-methyl/N-ethyl adjacent to an activating group) is 1. The third kappa shape index (κ3) is 7.70. The lowest BCUT2D eigenvalue weighted by atomic mass is 10.0. The number of carbonyl (C=O) groups excluding carboxylic acids is 4. The zero-order valence-corrected chi connectivity index (χ0v) is 34.4. The fourth-order valence-corrected chi connectivity index (χ4v) is 11.3. The number of likely N-dealkylation sites (tertiary alicyclic amines) is 1. The molecule has 4 amide bonds. The Morgan fingerprint density at radius 3 is 1.84 bits per heavy atom. The number of thioether (sulfide) groups is 2. The van der Waals surface area contributed by atoms with Gasteiger partial charge in [-0.15, -0.1) is 46.2 Å². The Kier molecular flexibility index (Phi) is 11.7. The minimum atomic E-state index is -1.34. The van der Waals surface area contributed by atoms with Gasteiger partial charge in [0.15, 0.2) is 21.7 Å². The lowest BCUT2D eigenvalue weighted by molar-refractivity contribution is -0.893. The van der Waals surface area contributed by atoms with E-state index in [-0.39, 0.29) is 56.8 Å². The molecule has 7 heterocycles. The van der Waals surface area contributed by atoms with E-state index < -0.39 is 58.4 Å². The number of nitrogens with one attached hydrogen (secondary N) is 3. The second-order valence-electron chi connectivity index (χ2n) is 13.9. The van der Waals surface area contributed by atoms with Crippen molar-refractivity contribution in [2.24, 2.45) is 10.3 Å². The molecule has 2 aromatic heterocycles. The molecule has 5 aliphatic heterocycles. The van der Waals surface area contributed by atoms with E-state index in [1.54, 1.807) is 0 Å². The van der Waals surface area contributed by atoms with Gasteiger partial charge in [0.2, 0.25) is 0 Å². The second kappa shape index (κ2) is 16.6. The molecule has 25 heteroatoms. The third-order valence-corrected chi connectivity index (χ3v) is 14.2. The quantitative estimate of drug-likeness (QED) is 0.0581. The number of β-lactam (4-membered cyclic amide) rings is 2. The highest BCUT2D eigenvalue weighted by Gasteiger charge is 2.56. The molecule has 0 unspecified atom stereocenters. The van der Waals surface area contributed by atoms with Gasteiger partial charge in [-0.2, -0.15) is 0 Å². The van der Waals surface area contributed by atoms with Crippen LogP contribution in [0.25, 0.3) is 0 Å². The van der Waals surface area contributed by atoms with Gasteiger partial charge in [-0.1, -0.05) is 10.3 Å². The molecule has 21 nitrogen and oxygen atoms in total. The highest BCUT2D eigenvalue weighted by Crippen LogP contribution is 2.42. The third-order valence-electron chi connectivity index (χ3n) is 10.1. The Hall–Kier alpha value is -5.24. The van der Waals surface area contributed by atoms with Gasteiger partial charge in [-0.05, 0) is 5.57 Å². The first kappa shape index (κ1) is 40.9. The topological polar surface area (TPSA) is 280 Å². The predicted molar refractivity (Wildman–Crippen MR) is 214 cm³/mol. The van der Waals surface area contributed by atoms with Crippen molar-refractivity contribution in [2.45, 2.75) is 35.7 Å². The monoisotopic (exact) mass is 876 g/mol. The minimum Gasteiger partial charge on any atom is -0.477 e. The Labute approximate surface area is 346 Å². The summed E-state index contributed by atoms with van der Waals surface area (Å²) in [6.07, 6.45) is 2.13. The van der Waals surface area contributed by atoms with Crippen molar-refractivity contribution in [3.63, 3.8) is 0 Å². The molecule has 0 aromatic carbocycles. The number of thiazole rings is 2. The zero-order valence-electron chi connectivity index (χ0n) is 31.1. The van der Waals surface area contributed by atoms with E-state index in [9.17, 15) is 39.0 Å². The van der Waals surface area contributed by atoms with Gasteiger partial charge in [0, 0.05) is 47.2 Å². The van der Waals surface area contributed by atoms with Crippen LogP contribution in [0.4, 0.5) is 10.3 Å². The number of rotatable bonds is 15. The average Bonchev–Trinajstić information content (AvgIpc) is 3.96. The summed E-state index contributed by atoms with van der Waals surface area (Å²) >= 11 is 4.83. The standard InChI is InChI=1S/C33H37N11O10S4/c1-44(6-4-5-7-44)9-15-11-56-29-21(27(48)43(29)23(15)31(51)52)39-25(46)19(41-54-3)17-13-58-33(37-17)35-8-14-10-55-28-20(26(47)42(28)22(14)30(49)50)38-24(45)18(40-53-2)16-12-57-32(34)36-16/h12-13,20-21,28-29H,4-11H2,1-3H3,(H6-,34,35,36,37,38,39,45,46,49,50,51,52)/p+1/b40-18-,41-19-/t20-,21-,28-,29-/m1/s1. The smallest absolute Gasteiger partial charge is 0.352 e. The van der Waals surface area contributed by atoms with Gasteiger partial charge in [0.25, 0.3) is 23.6 Å². The van der Waals surface area contributed by atoms with Crippen LogP contribution in [0.5, 0.6) is 0 Å². The molecule has 5 aliphatic rings. The molecule has 0 aliphatic carbocycles. The van der Waals surface area contributed by atoms with Crippen molar-refractivity contribution in [2.75, 3.05) is 70.0 Å².